The molecule has 11 heteroatoms. The number of hydrogen-bond donors (Lipinski definition) is 1. The van der Waals surface area contributed by atoms with Crippen LogP contribution in [-0.2, 0) is 14.3 Å². The highest BCUT2D eigenvalue weighted by Gasteiger charge is 2.33. The van der Waals surface area contributed by atoms with E-state index in [1.807, 2.05) is 0 Å². The van der Waals surface area contributed by atoms with Gasteiger partial charge in [-0.3, -0.25) is 14.4 Å². The van der Waals surface area contributed by atoms with Crippen LogP contribution in [0.15, 0.2) is 54.6 Å². The minimum atomic E-state index is -4.61. The number of alkyl halides is 3. The molecule has 1 fully saturated rings. The van der Waals surface area contributed by atoms with Crippen molar-refractivity contribution in [3.63, 3.8) is 0 Å². The molecule has 35 heavy (non-hydrogen) atoms. The van der Waals surface area contributed by atoms with Crippen LogP contribution in [0.5, 0.6) is 0 Å². The highest BCUT2D eigenvalue weighted by Crippen LogP contribution is 2.21. The van der Waals surface area contributed by atoms with Gasteiger partial charge in [-0.1, -0.05) is 18.2 Å². The van der Waals surface area contributed by atoms with E-state index < -0.39 is 43.2 Å². The van der Waals surface area contributed by atoms with E-state index in [-0.39, 0.29) is 37.4 Å². The van der Waals surface area contributed by atoms with E-state index in [1.165, 1.54) is 12.1 Å². The van der Waals surface area contributed by atoms with Crippen molar-refractivity contribution in [1.82, 2.24) is 4.90 Å². The van der Waals surface area contributed by atoms with E-state index in [1.54, 1.807) is 42.5 Å². The van der Waals surface area contributed by atoms with Crippen LogP contribution in [0.25, 0.3) is 0 Å². The number of anilines is 1. The summed E-state index contributed by atoms with van der Waals surface area (Å²) in [5, 5.41) is 2.72. The van der Waals surface area contributed by atoms with Gasteiger partial charge in [0.05, 0.1) is 5.92 Å². The number of carbonyl (C=O) groups excluding carboxylic acids is 4. The first-order chi connectivity index (χ1) is 16.6. The molecule has 0 saturated carbocycles. The third-order valence-corrected chi connectivity index (χ3v) is 5.29. The van der Waals surface area contributed by atoms with Crippen LogP contribution in [0.2, 0.25) is 0 Å². The first-order valence-electron chi connectivity index (χ1n) is 10.8. The predicted molar refractivity (Wildman–Crippen MR) is 118 cm³/mol. The zero-order valence-electron chi connectivity index (χ0n) is 18.5. The lowest BCUT2D eigenvalue weighted by molar-refractivity contribution is -0.162. The molecule has 2 aromatic carbocycles. The summed E-state index contributed by atoms with van der Waals surface area (Å²) in [6.07, 6.45) is -5.33. The number of ketones is 1. The van der Waals surface area contributed by atoms with Crippen LogP contribution in [-0.4, -0.2) is 61.1 Å². The molecule has 1 N–H and O–H groups in total. The Morgan fingerprint density at radius 1 is 0.886 bits per heavy atom. The summed E-state index contributed by atoms with van der Waals surface area (Å²) in [5.74, 6) is -1.93. The van der Waals surface area contributed by atoms with Crippen molar-refractivity contribution in [1.29, 1.82) is 0 Å². The number of carbonyl (C=O) groups is 4. The first-order valence-corrected chi connectivity index (χ1v) is 10.8. The molecular weight excluding hydrogens is 469 g/mol. The van der Waals surface area contributed by atoms with Gasteiger partial charge in [0.15, 0.2) is 19.0 Å². The zero-order valence-corrected chi connectivity index (χ0v) is 18.5. The molecular formula is C24H23F3N2O6. The van der Waals surface area contributed by atoms with Gasteiger partial charge in [0, 0.05) is 29.9 Å². The molecule has 0 radical (unpaired) electrons. The molecule has 0 aromatic heterocycles. The van der Waals surface area contributed by atoms with Crippen LogP contribution in [0.3, 0.4) is 0 Å². The van der Waals surface area contributed by atoms with Gasteiger partial charge < -0.3 is 19.7 Å². The monoisotopic (exact) mass is 492 g/mol. The maximum absolute atomic E-state index is 12.4. The Balaban J connectivity index is 1.41. The summed E-state index contributed by atoms with van der Waals surface area (Å²) in [5.41, 5.74) is 1.27. The Hall–Kier alpha value is -3.89. The molecule has 0 aliphatic carbocycles. The number of Topliss-reactive ketones (excluding diaryl/α,β-unsaturated/α-hetero) is 1. The number of halogens is 3. The third kappa shape index (κ3) is 7.83. The number of nitrogens with one attached hydrogen (secondary N) is 1. The fourth-order valence-corrected chi connectivity index (χ4v) is 3.40. The van der Waals surface area contributed by atoms with Gasteiger partial charge in [0.25, 0.3) is 5.91 Å². The van der Waals surface area contributed by atoms with Crippen LogP contribution in [0.1, 0.15) is 33.6 Å². The molecule has 1 aliphatic rings. The average Bonchev–Trinajstić information content (AvgIpc) is 2.86. The first kappa shape index (κ1) is 25.7. The van der Waals surface area contributed by atoms with Gasteiger partial charge in [-0.25, -0.2) is 4.79 Å². The van der Waals surface area contributed by atoms with Crippen molar-refractivity contribution in [3.05, 3.63) is 65.7 Å². The van der Waals surface area contributed by atoms with E-state index in [4.69, 9.17) is 4.74 Å². The SMILES string of the molecule is O=C(COC(=O)C1CCN(C(=O)OCC(F)(F)F)CC1)c1ccc(NC(=O)c2ccccc2)cc1. The van der Waals surface area contributed by atoms with Crippen LogP contribution >= 0.6 is 0 Å². The van der Waals surface area contributed by atoms with Gasteiger partial charge in [-0.2, -0.15) is 13.2 Å². The van der Waals surface area contributed by atoms with E-state index >= 15 is 0 Å². The standard InChI is InChI=1S/C24H23F3N2O6/c25-24(26,27)15-35-23(33)29-12-10-18(11-13-29)22(32)34-14-20(30)16-6-8-19(9-7-16)28-21(31)17-4-2-1-3-5-17/h1-9,18H,10-15H2,(H,28,31). The van der Waals surface area contributed by atoms with E-state index in [9.17, 15) is 32.3 Å². The van der Waals surface area contributed by atoms with E-state index in [0.717, 1.165) is 4.90 Å². The van der Waals surface area contributed by atoms with Crippen LogP contribution in [0.4, 0.5) is 23.7 Å². The van der Waals surface area contributed by atoms with Crippen molar-refractivity contribution in [3.8, 4) is 0 Å². The lowest BCUT2D eigenvalue weighted by atomic mass is 9.97. The molecule has 186 valence electrons. The van der Waals surface area contributed by atoms with Gasteiger partial charge in [0.1, 0.15) is 0 Å². The second kappa shape index (κ2) is 11.5. The van der Waals surface area contributed by atoms with Crippen molar-refractivity contribution >= 4 is 29.4 Å². The minimum Gasteiger partial charge on any atom is -0.457 e. The summed E-state index contributed by atoms with van der Waals surface area (Å²) in [7, 11) is 0. The number of amides is 2. The number of ether oxygens (including phenoxy) is 2. The molecule has 3 rings (SSSR count). The molecule has 0 atom stereocenters. The van der Waals surface area contributed by atoms with E-state index in [0.29, 0.717) is 11.3 Å². The number of nitrogens with zero attached hydrogens (tertiary/aromatic N) is 1. The topological polar surface area (TPSA) is 102 Å². The predicted octanol–water partition coefficient (Wildman–Crippen LogP) is 4.08. The summed E-state index contributed by atoms with van der Waals surface area (Å²) in [6, 6.07) is 14.8. The summed E-state index contributed by atoms with van der Waals surface area (Å²) in [6.45, 7) is -2.07. The molecule has 1 saturated heterocycles. The summed E-state index contributed by atoms with van der Waals surface area (Å²) in [4.78, 5) is 49.6. The quantitative estimate of drug-likeness (QED) is 0.462. The van der Waals surface area contributed by atoms with Crippen LogP contribution in [0, 0.1) is 5.92 Å². The molecule has 0 spiro atoms. The third-order valence-electron chi connectivity index (χ3n) is 5.29. The Morgan fingerprint density at radius 2 is 1.51 bits per heavy atom. The average molecular weight is 492 g/mol. The maximum Gasteiger partial charge on any atom is 0.422 e. The lowest BCUT2D eigenvalue weighted by Crippen LogP contribution is -2.42. The fraction of sp³-hybridized carbons (Fsp3) is 0.333. The van der Waals surface area contributed by atoms with Gasteiger partial charge in [0.2, 0.25) is 0 Å². The highest BCUT2D eigenvalue weighted by molar-refractivity contribution is 6.04. The lowest BCUT2D eigenvalue weighted by Gasteiger charge is -2.30. The molecule has 0 unspecified atom stereocenters. The molecule has 2 amide bonds. The van der Waals surface area contributed by atoms with Crippen molar-refractivity contribution in [2.24, 2.45) is 5.92 Å². The van der Waals surface area contributed by atoms with Crippen molar-refractivity contribution < 1.29 is 41.8 Å². The molecule has 0 bridgehead atoms. The number of benzene rings is 2. The minimum absolute atomic E-state index is 0.0422. The summed E-state index contributed by atoms with van der Waals surface area (Å²) >= 11 is 0. The Kier molecular flexibility index (Phi) is 8.45. The number of likely N-dealkylation sites (tertiary alicyclic amines) is 1. The molecule has 2 aromatic rings. The number of rotatable bonds is 7. The molecule has 1 aliphatic heterocycles. The zero-order chi connectivity index (χ0) is 25.4. The molecule has 1 heterocycles. The van der Waals surface area contributed by atoms with Crippen LogP contribution < -0.4 is 5.32 Å². The number of hydrogen-bond acceptors (Lipinski definition) is 6. The fourth-order valence-electron chi connectivity index (χ4n) is 3.40. The van der Waals surface area contributed by atoms with Gasteiger partial charge in [-0.15, -0.1) is 0 Å². The number of piperidine rings is 1. The van der Waals surface area contributed by atoms with Gasteiger partial charge in [-0.05, 0) is 49.2 Å². The normalized spacial score (nSPS) is 14.2. The number of esters is 1. The second-order valence-corrected chi connectivity index (χ2v) is 7.86. The summed E-state index contributed by atoms with van der Waals surface area (Å²) < 4.78 is 45.8. The second-order valence-electron chi connectivity index (χ2n) is 7.86. The van der Waals surface area contributed by atoms with Gasteiger partial charge >= 0.3 is 18.2 Å². The molecule has 8 nitrogen and oxygen atoms in total. The Morgan fingerprint density at radius 3 is 2.11 bits per heavy atom. The largest absolute Gasteiger partial charge is 0.457 e. The van der Waals surface area contributed by atoms with Crippen molar-refractivity contribution in [2.45, 2.75) is 19.0 Å². The Bertz CT molecular complexity index is 1050. The highest BCUT2D eigenvalue weighted by atomic mass is 19.4. The maximum atomic E-state index is 12.4. The van der Waals surface area contributed by atoms with Crippen molar-refractivity contribution in [2.75, 3.05) is 31.6 Å². The Labute approximate surface area is 199 Å². The van der Waals surface area contributed by atoms with E-state index in [2.05, 4.69) is 10.1 Å². The smallest absolute Gasteiger partial charge is 0.422 e.